The average molecular weight is 1140 g/mol. The second-order valence-electron chi connectivity index (χ2n) is 22.7. The Morgan fingerprint density at radius 1 is 0.256 bits per heavy atom. The Morgan fingerprint density at radius 2 is 0.476 bits per heavy atom. The lowest BCUT2D eigenvalue weighted by atomic mass is 10.0. The minimum atomic E-state index is -0.791. The summed E-state index contributed by atoms with van der Waals surface area (Å²) in [6.45, 7) is 6.43. The van der Waals surface area contributed by atoms with Gasteiger partial charge in [-0.3, -0.25) is 14.4 Å². The summed E-state index contributed by atoms with van der Waals surface area (Å²) in [7, 11) is 0. The molecule has 1 unspecified atom stereocenters. The molecule has 6 heteroatoms. The first kappa shape index (κ1) is 77.8. The lowest BCUT2D eigenvalue weighted by Gasteiger charge is -2.18. The lowest BCUT2D eigenvalue weighted by molar-refractivity contribution is -0.167. The van der Waals surface area contributed by atoms with Crippen LogP contribution in [0.3, 0.4) is 0 Å². The minimum Gasteiger partial charge on any atom is -0.462 e. The van der Waals surface area contributed by atoms with Crippen molar-refractivity contribution in [2.75, 3.05) is 13.2 Å². The Hall–Kier alpha value is -4.19. The first-order valence-electron chi connectivity index (χ1n) is 34.5. The van der Waals surface area contributed by atoms with Crippen LogP contribution in [-0.4, -0.2) is 37.2 Å². The minimum absolute atomic E-state index is 0.0864. The molecule has 0 aromatic heterocycles. The van der Waals surface area contributed by atoms with Gasteiger partial charge in [-0.15, -0.1) is 0 Å². The van der Waals surface area contributed by atoms with E-state index in [1.165, 1.54) is 154 Å². The SMILES string of the molecule is CC/C=C\C/C=C\C/C=C\C/C=C\C/C=C\CCCCCCCCCCCC(=O)OCC(COC(=O)CCCCCCC/C=C\CCCCCCCCC)OC(=O)CCCCCCCCCCCC/C=C\C/C=C\C/C=C\C/C=C\CC. The molecule has 0 aliphatic heterocycles. The molecule has 0 heterocycles. The van der Waals surface area contributed by atoms with Crippen molar-refractivity contribution in [3.05, 3.63) is 122 Å². The third-order valence-corrected chi connectivity index (χ3v) is 14.7. The molecule has 0 saturated heterocycles. The molecule has 0 aliphatic carbocycles. The zero-order chi connectivity index (χ0) is 59.2. The van der Waals surface area contributed by atoms with Gasteiger partial charge in [-0.1, -0.05) is 296 Å². The number of unbranched alkanes of at least 4 members (excludes halogenated alkanes) is 31. The molecule has 0 aliphatic rings. The first-order valence-corrected chi connectivity index (χ1v) is 34.5. The number of rotatable bonds is 62. The van der Waals surface area contributed by atoms with Gasteiger partial charge >= 0.3 is 17.9 Å². The molecule has 6 nitrogen and oxygen atoms in total. The fourth-order valence-corrected chi connectivity index (χ4v) is 9.57. The van der Waals surface area contributed by atoms with Gasteiger partial charge in [0.05, 0.1) is 0 Å². The van der Waals surface area contributed by atoms with Crippen LogP contribution in [0.2, 0.25) is 0 Å². The maximum absolute atomic E-state index is 13.0. The first-order chi connectivity index (χ1) is 40.5. The Labute approximate surface area is 507 Å². The van der Waals surface area contributed by atoms with E-state index < -0.39 is 6.10 Å². The third-order valence-electron chi connectivity index (χ3n) is 14.7. The van der Waals surface area contributed by atoms with Gasteiger partial charge in [0.2, 0.25) is 0 Å². The van der Waals surface area contributed by atoms with Crippen LogP contribution in [-0.2, 0) is 28.6 Å². The summed E-state index contributed by atoms with van der Waals surface area (Å²) in [6, 6.07) is 0. The van der Waals surface area contributed by atoms with Gasteiger partial charge in [-0.05, 0) is 128 Å². The van der Waals surface area contributed by atoms with Crippen LogP contribution in [0.4, 0.5) is 0 Å². The molecule has 1 atom stereocenters. The van der Waals surface area contributed by atoms with Crippen molar-refractivity contribution in [2.45, 2.75) is 329 Å². The molecule has 0 rings (SSSR count). The van der Waals surface area contributed by atoms with Crippen molar-refractivity contribution < 1.29 is 28.6 Å². The van der Waals surface area contributed by atoms with Crippen LogP contribution in [0.15, 0.2) is 122 Å². The molecular weight excluding hydrogens is 1010 g/mol. The van der Waals surface area contributed by atoms with Crippen molar-refractivity contribution in [3.8, 4) is 0 Å². The summed E-state index contributed by atoms with van der Waals surface area (Å²) in [5, 5.41) is 0. The van der Waals surface area contributed by atoms with E-state index in [9.17, 15) is 14.4 Å². The van der Waals surface area contributed by atoms with Crippen LogP contribution in [0.1, 0.15) is 323 Å². The van der Waals surface area contributed by atoms with Crippen LogP contribution >= 0.6 is 0 Å². The van der Waals surface area contributed by atoms with Crippen LogP contribution < -0.4 is 0 Å². The smallest absolute Gasteiger partial charge is 0.306 e. The van der Waals surface area contributed by atoms with Crippen LogP contribution in [0, 0.1) is 0 Å². The molecule has 0 radical (unpaired) electrons. The Bertz CT molecular complexity index is 1690. The van der Waals surface area contributed by atoms with Crippen molar-refractivity contribution in [1.29, 1.82) is 0 Å². The highest BCUT2D eigenvalue weighted by Gasteiger charge is 2.19. The second kappa shape index (κ2) is 69.3. The van der Waals surface area contributed by atoms with E-state index in [1.54, 1.807) is 0 Å². The van der Waals surface area contributed by atoms with Gasteiger partial charge in [-0.2, -0.15) is 0 Å². The molecule has 0 fully saturated rings. The third kappa shape index (κ3) is 66.6. The molecule has 0 N–H and O–H groups in total. The standard InChI is InChI=1S/C76H128O6/c1-4-7-10-13-16-19-22-25-28-31-33-35-37-38-40-41-43-45-48-51-54-57-60-63-66-69-75(78)81-72-73(71-80-74(77)68-65-62-59-56-53-50-47-30-27-24-21-18-15-12-9-6-3)82-76(79)70-67-64-61-58-55-52-49-46-44-42-39-36-34-32-29-26-23-20-17-14-11-8-5-2/h7-8,10-11,16-17,19-20,25-26,28-30,33-36,38,40,47,73H,4-6,9,12-15,18,21-24,27,31-32,37,39,41-46,48-72H2,1-3H3/b10-7-,11-8-,19-16-,20-17-,28-25-,29-26-,35-33-,36-34-,40-38-,47-30-. The summed E-state index contributed by atoms with van der Waals surface area (Å²) in [6.07, 6.45) is 96.3. The van der Waals surface area contributed by atoms with E-state index in [2.05, 4.69) is 142 Å². The monoisotopic (exact) mass is 1140 g/mol. The molecular formula is C76H128O6. The number of hydrogen-bond donors (Lipinski definition) is 0. The number of allylic oxidation sites excluding steroid dienone is 20. The van der Waals surface area contributed by atoms with Crippen molar-refractivity contribution in [1.82, 2.24) is 0 Å². The van der Waals surface area contributed by atoms with Gasteiger partial charge in [0.25, 0.3) is 0 Å². The quantitative estimate of drug-likeness (QED) is 0.0261. The van der Waals surface area contributed by atoms with Crippen molar-refractivity contribution in [2.24, 2.45) is 0 Å². The van der Waals surface area contributed by atoms with E-state index in [-0.39, 0.29) is 31.1 Å². The number of hydrogen-bond acceptors (Lipinski definition) is 6. The van der Waals surface area contributed by atoms with Crippen LogP contribution in [0.5, 0.6) is 0 Å². The number of carbonyl (C=O) groups is 3. The van der Waals surface area contributed by atoms with E-state index in [1.807, 2.05) is 0 Å². The van der Waals surface area contributed by atoms with E-state index >= 15 is 0 Å². The second-order valence-corrected chi connectivity index (χ2v) is 22.7. The summed E-state index contributed by atoms with van der Waals surface area (Å²) < 4.78 is 17.0. The molecule has 0 aromatic rings. The van der Waals surface area contributed by atoms with Gasteiger partial charge in [0.1, 0.15) is 13.2 Å². The average Bonchev–Trinajstić information content (AvgIpc) is 3.47. The van der Waals surface area contributed by atoms with E-state index in [0.717, 1.165) is 128 Å². The number of carbonyl (C=O) groups excluding carboxylic acids is 3. The lowest BCUT2D eigenvalue weighted by Crippen LogP contribution is -2.30. The highest BCUT2D eigenvalue weighted by Crippen LogP contribution is 2.16. The molecule has 0 aromatic carbocycles. The molecule has 82 heavy (non-hydrogen) atoms. The Morgan fingerprint density at radius 3 is 0.756 bits per heavy atom. The molecule has 468 valence electrons. The fraction of sp³-hybridized carbons (Fsp3) is 0.697. The van der Waals surface area contributed by atoms with Crippen LogP contribution in [0.25, 0.3) is 0 Å². The van der Waals surface area contributed by atoms with Gasteiger partial charge in [0.15, 0.2) is 6.10 Å². The predicted molar refractivity (Wildman–Crippen MR) is 357 cm³/mol. The fourth-order valence-electron chi connectivity index (χ4n) is 9.57. The molecule has 0 bridgehead atoms. The maximum Gasteiger partial charge on any atom is 0.306 e. The predicted octanol–water partition coefficient (Wildman–Crippen LogP) is 23.9. The highest BCUT2D eigenvalue weighted by molar-refractivity contribution is 5.71. The van der Waals surface area contributed by atoms with Gasteiger partial charge in [-0.25, -0.2) is 0 Å². The number of ether oxygens (including phenoxy) is 3. The van der Waals surface area contributed by atoms with Crippen molar-refractivity contribution >= 4 is 17.9 Å². The zero-order valence-corrected chi connectivity index (χ0v) is 53.7. The summed E-state index contributed by atoms with van der Waals surface area (Å²) in [5.41, 5.74) is 0. The largest absolute Gasteiger partial charge is 0.462 e. The van der Waals surface area contributed by atoms with Gasteiger partial charge in [0, 0.05) is 19.3 Å². The number of esters is 3. The Kier molecular flexibility index (Phi) is 65.8. The summed E-state index contributed by atoms with van der Waals surface area (Å²) in [5.74, 6) is -0.894. The normalized spacial score (nSPS) is 12.9. The highest BCUT2D eigenvalue weighted by atomic mass is 16.6. The molecule has 0 amide bonds. The topological polar surface area (TPSA) is 78.9 Å². The zero-order valence-electron chi connectivity index (χ0n) is 53.7. The molecule has 0 spiro atoms. The van der Waals surface area contributed by atoms with E-state index in [0.29, 0.717) is 19.3 Å². The summed E-state index contributed by atoms with van der Waals surface area (Å²) >= 11 is 0. The summed E-state index contributed by atoms with van der Waals surface area (Å²) in [4.78, 5) is 38.5. The molecule has 0 saturated carbocycles. The van der Waals surface area contributed by atoms with Crippen molar-refractivity contribution in [3.63, 3.8) is 0 Å². The van der Waals surface area contributed by atoms with E-state index in [4.69, 9.17) is 14.2 Å². The maximum atomic E-state index is 13.0. The Balaban J connectivity index is 4.39. The van der Waals surface area contributed by atoms with Gasteiger partial charge < -0.3 is 14.2 Å².